The van der Waals surface area contributed by atoms with Crippen LogP contribution in [0.3, 0.4) is 0 Å². The first kappa shape index (κ1) is 19.5. The van der Waals surface area contributed by atoms with E-state index >= 15 is 0 Å². The molecule has 0 radical (unpaired) electrons. The molecule has 1 unspecified atom stereocenters. The van der Waals surface area contributed by atoms with Gasteiger partial charge in [-0.25, -0.2) is 4.39 Å². The van der Waals surface area contributed by atoms with E-state index in [1.807, 2.05) is 11.3 Å². The molecule has 0 saturated heterocycles. The number of nitrogens with zero attached hydrogens (tertiary/aromatic N) is 3. The molecule has 5 rings (SSSR count). The summed E-state index contributed by atoms with van der Waals surface area (Å²) in [5.74, 6) is -0.680. The van der Waals surface area contributed by atoms with E-state index in [0.717, 1.165) is 18.0 Å². The fourth-order valence-electron chi connectivity index (χ4n) is 3.62. The number of aromatic nitrogens is 2. The van der Waals surface area contributed by atoms with Crippen molar-refractivity contribution in [2.24, 2.45) is 0 Å². The van der Waals surface area contributed by atoms with Gasteiger partial charge in [-0.2, -0.15) is 0 Å². The lowest BCUT2D eigenvalue weighted by Crippen LogP contribution is -2.34. The van der Waals surface area contributed by atoms with Crippen molar-refractivity contribution >= 4 is 45.6 Å². The van der Waals surface area contributed by atoms with Gasteiger partial charge in [-0.15, -0.1) is 32.9 Å². The third-order valence-corrected chi connectivity index (χ3v) is 7.81. The second kappa shape index (κ2) is 8.35. The van der Waals surface area contributed by atoms with E-state index in [1.165, 1.54) is 50.9 Å². The molecular formula is C21H17FN4OS3. The second-order valence-electron chi connectivity index (χ2n) is 6.90. The molecule has 1 N–H and O–H groups in total. The largest absolute Gasteiger partial charge is 0.320 e. The third-order valence-electron chi connectivity index (χ3n) is 4.98. The van der Waals surface area contributed by atoms with Crippen LogP contribution >= 0.6 is 34.0 Å². The van der Waals surface area contributed by atoms with E-state index < -0.39 is 0 Å². The molecule has 0 saturated carbocycles. The van der Waals surface area contributed by atoms with Gasteiger partial charge in [0.15, 0.2) is 0 Å². The van der Waals surface area contributed by atoms with Crippen LogP contribution in [-0.2, 0) is 13.0 Å². The van der Waals surface area contributed by atoms with Crippen LogP contribution in [0.5, 0.6) is 0 Å². The van der Waals surface area contributed by atoms with Gasteiger partial charge in [0.2, 0.25) is 5.01 Å². The molecule has 4 aromatic rings. The Labute approximate surface area is 184 Å². The number of benzene rings is 1. The van der Waals surface area contributed by atoms with E-state index in [0.29, 0.717) is 17.2 Å². The number of anilines is 1. The zero-order chi connectivity index (χ0) is 20.5. The highest BCUT2D eigenvalue weighted by molar-refractivity contribution is 7.13. The Hall–Kier alpha value is -2.46. The first-order valence-electron chi connectivity index (χ1n) is 9.40. The summed E-state index contributed by atoms with van der Waals surface area (Å²) >= 11 is 4.88. The van der Waals surface area contributed by atoms with Crippen LogP contribution in [-0.4, -0.2) is 27.5 Å². The van der Waals surface area contributed by atoms with Crippen LogP contribution in [0.15, 0.2) is 53.2 Å². The Balaban J connectivity index is 1.33. The maximum Gasteiger partial charge on any atom is 0.286 e. The summed E-state index contributed by atoms with van der Waals surface area (Å²) in [6, 6.07) is 12.3. The molecule has 4 heterocycles. The van der Waals surface area contributed by atoms with Crippen molar-refractivity contribution in [2.45, 2.75) is 19.0 Å². The van der Waals surface area contributed by atoms with Crippen molar-refractivity contribution < 1.29 is 9.18 Å². The molecule has 1 atom stereocenters. The minimum absolute atomic E-state index is 0.209. The number of rotatable bonds is 5. The topological polar surface area (TPSA) is 58.1 Å². The zero-order valence-electron chi connectivity index (χ0n) is 15.7. The second-order valence-corrected chi connectivity index (χ2v) is 9.94. The number of thiophene rings is 2. The molecule has 5 nitrogen and oxygen atoms in total. The highest BCUT2D eigenvalue weighted by atomic mass is 32.1. The normalized spacial score (nSPS) is 16.4. The van der Waals surface area contributed by atoms with Crippen molar-refractivity contribution in [3.63, 3.8) is 0 Å². The van der Waals surface area contributed by atoms with Crippen molar-refractivity contribution in [2.75, 3.05) is 11.9 Å². The molecule has 0 fully saturated rings. The van der Waals surface area contributed by atoms with Gasteiger partial charge in [0, 0.05) is 22.0 Å². The molecule has 152 valence electrons. The van der Waals surface area contributed by atoms with Gasteiger partial charge in [-0.3, -0.25) is 9.69 Å². The summed E-state index contributed by atoms with van der Waals surface area (Å²) in [6.07, 6.45) is 1.02. The van der Waals surface area contributed by atoms with Gasteiger partial charge in [0.05, 0.1) is 12.6 Å². The average molecular weight is 457 g/mol. The van der Waals surface area contributed by atoms with Gasteiger partial charge < -0.3 is 5.32 Å². The van der Waals surface area contributed by atoms with E-state index in [9.17, 15) is 9.18 Å². The van der Waals surface area contributed by atoms with E-state index in [-0.39, 0.29) is 17.8 Å². The number of amides is 1. The molecule has 1 aromatic carbocycles. The van der Waals surface area contributed by atoms with Crippen LogP contribution in [0.1, 0.15) is 36.2 Å². The van der Waals surface area contributed by atoms with Crippen LogP contribution in [0.4, 0.5) is 10.1 Å². The van der Waals surface area contributed by atoms with E-state index in [4.69, 9.17) is 0 Å². The zero-order valence-corrected chi connectivity index (χ0v) is 18.2. The van der Waals surface area contributed by atoms with E-state index in [2.05, 4.69) is 49.4 Å². The number of hydrogen-bond donors (Lipinski definition) is 1. The first-order valence-corrected chi connectivity index (χ1v) is 12.0. The Kier molecular flexibility index (Phi) is 5.43. The van der Waals surface area contributed by atoms with Crippen molar-refractivity contribution in [3.8, 4) is 0 Å². The van der Waals surface area contributed by atoms with Crippen LogP contribution in [0, 0.1) is 5.82 Å². The number of carbonyl (C=O) groups excluding carboxylic acids is 1. The van der Waals surface area contributed by atoms with Gasteiger partial charge in [-0.1, -0.05) is 17.4 Å². The summed E-state index contributed by atoms with van der Waals surface area (Å²) in [6.45, 7) is 1.58. The first-order chi connectivity index (χ1) is 14.7. The summed E-state index contributed by atoms with van der Waals surface area (Å²) in [5, 5.41) is 16.4. The van der Waals surface area contributed by atoms with Crippen molar-refractivity contribution in [1.29, 1.82) is 0 Å². The van der Waals surface area contributed by atoms with Gasteiger partial charge in [-0.05, 0) is 59.1 Å². The predicted octanol–water partition coefficient (Wildman–Crippen LogP) is 5.20. The molecule has 1 amide bonds. The molecule has 9 heteroatoms. The molecule has 0 aliphatic carbocycles. The number of nitrogens with one attached hydrogen (secondary N) is 1. The highest BCUT2D eigenvalue weighted by Gasteiger charge is 2.31. The minimum atomic E-state index is -0.346. The number of hydrogen-bond acceptors (Lipinski definition) is 7. The fourth-order valence-corrected chi connectivity index (χ4v) is 6.16. The standard InChI is InChI=1S/C21H17FN4OS3/c22-13-3-5-14(6-4-13)23-20(27)21-25-24-18(30-21)12-26-9-7-16-15(8-11-29-16)19(26)17-2-1-10-28-17/h1-6,8,10-11,19H,7,9,12H2,(H,23,27). The molecule has 1 aliphatic heterocycles. The maximum atomic E-state index is 13.0. The monoisotopic (exact) mass is 456 g/mol. The fraction of sp³-hybridized carbons (Fsp3) is 0.190. The summed E-state index contributed by atoms with van der Waals surface area (Å²) in [5.41, 5.74) is 1.89. The summed E-state index contributed by atoms with van der Waals surface area (Å²) in [4.78, 5) is 17.6. The molecule has 1 aliphatic rings. The quantitative estimate of drug-likeness (QED) is 0.448. The van der Waals surface area contributed by atoms with E-state index in [1.54, 1.807) is 11.3 Å². The van der Waals surface area contributed by atoms with Crippen LogP contribution in [0.2, 0.25) is 0 Å². The lowest BCUT2D eigenvalue weighted by Gasteiger charge is -2.34. The maximum absolute atomic E-state index is 13.0. The molecular weight excluding hydrogens is 439 g/mol. The Morgan fingerprint density at radius 3 is 2.80 bits per heavy atom. The highest BCUT2D eigenvalue weighted by Crippen LogP contribution is 2.40. The molecule has 0 spiro atoms. The van der Waals surface area contributed by atoms with Crippen LogP contribution in [0.25, 0.3) is 0 Å². The summed E-state index contributed by atoms with van der Waals surface area (Å²) < 4.78 is 13.0. The van der Waals surface area contributed by atoms with Crippen molar-refractivity contribution in [1.82, 2.24) is 15.1 Å². The van der Waals surface area contributed by atoms with Crippen molar-refractivity contribution in [3.05, 3.63) is 84.4 Å². The third kappa shape index (κ3) is 3.93. The number of halogens is 1. The number of carbonyl (C=O) groups is 1. The summed E-state index contributed by atoms with van der Waals surface area (Å²) in [7, 11) is 0. The number of fused-ring (bicyclic) bond motifs is 1. The Bertz CT molecular complexity index is 1150. The minimum Gasteiger partial charge on any atom is -0.320 e. The van der Waals surface area contributed by atoms with Gasteiger partial charge in [0.25, 0.3) is 5.91 Å². The smallest absolute Gasteiger partial charge is 0.286 e. The van der Waals surface area contributed by atoms with Crippen LogP contribution < -0.4 is 5.32 Å². The Morgan fingerprint density at radius 2 is 2.00 bits per heavy atom. The predicted molar refractivity (Wildman–Crippen MR) is 119 cm³/mol. The lowest BCUT2D eigenvalue weighted by molar-refractivity contribution is 0.102. The average Bonchev–Trinajstić information content (AvgIpc) is 3.51. The SMILES string of the molecule is O=C(Nc1ccc(F)cc1)c1nnc(CN2CCc3sccc3C2c2cccs2)s1. The molecule has 0 bridgehead atoms. The molecule has 30 heavy (non-hydrogen) atoms. The lowest BCUT2D eigenvalue weighted by atomic mass is 9.98. The van der Waals surface area contributed by atoms with Gasteiger partial charge >= 0.3 is 0 Å². The Morgan fingerprint density at radius 1 is 1.13 bits per heavy atom. The molecule has 3 aromatic heterocycles. The van der Waals surface area contributed by atoms with Gasteiger partial charge in [0.1, 0.15) is 10.8 Å².